The second kappa shape index (κ2) is 8.54. The van der Waals surface area contributed by atoms with Gasteiger partial charge in [-0.2, -0.15) is 0 Å². The summed E-state index contributed by atoms with van der Waals surface area (Å²) in [5.74, 6) is 1.55. The normalized spacial score (nSPS) is 12.3. The molecule has 0 heterocycles. The number of methoxy groups -OCH3 is 1. The molecule has 0 spiro atoms. The quantitative estimate of drug-likeness (QED) is 0.579. The van der Waals surface area contributed by atoms with Gasteiger partial charge in [-0.1, -0.05) is 57.5 Å². The van der Waals surface area contributed by atoms with Gasteiger partial charge >= 0.3 is 0 Å². The smallest absolute Gasteiger partial charge is 0.258 e. The molecule has 23 heavy (non-hydrogen) atoms. The average Bonchev–Trinajstić information content (AvgIpc) is 2.44. The summed E-state index contributed by atoms with van der Waals surface area (Å²) < 4.78 is 13.4. The van der Waals surface area contributed by atoms with Crippen LogP contribution in [0.5, 0.6) is 11.5 Å². The molecule has 0 unspecified atom stereocenters. The van der Waals surface area contributed by atoms with Gasteiger partial charge in [-0.15, -0.1) is 0 Å². The lowest BCUT2D eigenvalue weighted by atomic mass is 10.1. The van der Waals surface area contributed by atoms with Gasteiger partial charge in [0.05, 0.1) is 7.11 Å². The lowest BCUT2D eigenvalue weighted by molar-refractivity contribution is 0.297. The molecule has 132 valence electrons. The number of ether oxygens (including phenoxy) is 1. The minimum atomic E-state index is -2.07. The lowest BCUT2D eigenvalue weighted by Crippen LogP contribution is -2.51. The van der Waals surface area contributed by atoms with E-state index in [0.29, 0.717) is 23.0 Å². The van der Waals surface area contributed by atoms with Crippen LogP contribution >= 0.6 is 15.9 Å². The Morgan fingerprint density at radius 1 is 1.04 bits per heavy atom. The zero-order valence-electron chi connectivity index (χ0n) is 15.4. The fourth-order valence-corrected chi connectivity index (χ4v) is 9.50. The van der Waals surface area contributed by atoms with E-state index in [1.165, 1.54) is 0 Å². The maximum absolute atomic E-state index is 9.42. The molecule has 0 aliphatic rings. The van der Waals surface area contributed by atoms with Gasteiger partial charge in [0.2, 0.25) is 0 Å². The van der Waals surface area contributed by atoms with Gasteiger partial charge in [0, 0.05) is 16.6 Å². The topological polar surface area (TPSA) is 38.7 Å². The molecule has 0 aromatic heterocycles. The molecule has 0 bridgehead atoms. The molecular weight excluding hydrogens is 372 g/mol. The summed E-state index contributed by atoms with van der Waals surface area (Å²) in [7, 11) is -0.403. The van der Waals surface area contributed by atoms with Crippen molar-refractivity contribution in [1.82, 2.24) is 0 Å². The largest absolute Gasteiger partial charge is 0.540 e. The van der Waals surface area contributed by atoms with Crippen LogP contribution in [0.25, 0.3) is 0 Å². The Bertz CT molecular complexity index is 493. The third kappa shape index (κ3) is 4.31. The second-order valence-electron chi connectivity index (χ2n) is 6.99. The standard InChI is InChI=1S/C18H31BrO3Si/c1-12(2)23(13(3)4,14(5)6)22-18-15(8-9-20)10-16(19)11-17(18)21-7/h10-14,20H,8-9H2,1-7H3. The predicted molar refractivity (Wildman–Crippen MR) is 103 cm³/mol. The number of hydrogen-bond donors (Lipinski definition) is 1. The molecule has 0 radical (unpaired) electrons. The van der Waals surface area contributed by atoms with E-state index in [4.69, 9.17) is 9.16 Å². The van der Waals surface area contributed by atoms with Crippen LogP contribution in [0.1, 0.15) is 47.1 Å². The second-order valence-corrected chi connectivity index (χ2v) is 13.3. The predicted octanol–water partition coefficient (Wildman–Crippen LogP) is 5.55. The Hall–Kier alpha value is -0.523. The molecule has 5 heteroatoms. The zero-order valence-corrected chi connectivity index (χ0v) is 18.0. The van der Waals surface area contributed by atoms with Crippen molar-refractivity contribution < 1.29 is 14.3 Å². The molecule has 0 amide bonds. The van der Waals surface area contributed by atoms with Gasteiger partial charge in [0.1, 0.15) is 5.75 Å². The molecular formula is C18H31BrO3Si. The number of benzene rings is 1. The minimum absolute atomic E-state index is 0.0928. The maximum Gasteiger partial charge on any atom is 0.258 e. The van der Waals surface area contributed by atoms with Gasteiger partial charge in [0.15, 0.2) is 5.75 Å². The van der Waals surface area contributed by atoms with E-state index in [0.717, 1.165) is 21.5 Å². The fourth-order valence-electron chi connectivity index (χ4n) is 3.73. The summed E-state index contributed by atoms with van der Waals surface area (Å²) in [4.78, 5) is 0. The van der Waals surface area contributed by atoms with E-state index < -0.39 is 8.32 Å². The van der Waals surface area contributed by atoms with Crippen LogP contribution < -0.4 is 9.16 Å². The highest BCUT2D eigenvalue weighted by Gasteiger charge is 2.47. The molecule has 1 aromatic rings. The van der Waals surface area contributed by atoms with Crippen molar-refractivity contribution in [2.24, 2.45) is 0 Å². The Labute approximate surface area is 150 Å². The zero-order chi connectivity index (χ0) is 17.8. The number of aliphatic hydroxyl groups is 1. The average molecular weight is 403 g/mol. The first-order valence-corrected chi connectivity index (χ1v) is 11.3. The van der Waals surface area contributed by atoms with Crippen molar-refractivity contribution in [3.05, 3.63) is 22.2 Å². The third-order valence-corrected chi connectivity index (χ3v) is 11.1. The van der Waals surface area contributed by atoms with Crippen LogP contribution in [0.4, 0.5) is 0 Å². The molecule has 0 atom stereocenters. The van der Waals surface area contributed by atoms with Crippen LogP contribution in [0, 0.1) is 0 Å². The van der Waals surface area contributed by atoms with E-state index in [1.54, 1.807) is 7.11 Å². The number of halogens is 1. The molecule has 0 fully saturated rings. The highest BCUT2D eigenvalue weighted by molar-refractivity contribution is 9.10. The van der Waals surface area contributed by atoms with Crippen LogP contribution in [0.3, 0.4) is 0 Å². The Morgan fingerprint density at radius 3 is 1.96 bits per heavy atom. The van der Waals surface area contributed by atoms with Crippen molar-refractivity contribution in [1.29, 1.82) is 0 Å². The fraction of sp³-hybridized carbons (Fsp3) is 0.667. The van der Waals surface area contributed by atoms with Crippen LogP contribution in [-0.2, 0) is 6.42 Å². The van der Waals surface area contributed by atoms with Gasteiger partial charge in [-0.05, 0) is 35.2 Å². The van der Waals surface area contributed by atoms with Crippen molar-refractivity contribution in [2.75, 3.05) is 13.7 Å². The van der Waals surface area contributed by atoms with E-state index in [1.807, 2.05) is 12.1 Å². The Morgan fingerprint density at radius 2 is 1.57 bits per heavy atom. The molecule has 0 saturated carbocycles. The molecule has 1 aromatic carbocycles. The van der Waals surface area contributed by atoms with Crippen LogP contribution in [0.15, 0.2) is 16.6 Å². The summed E-state index contributed by atoms with van der Waals surface area (Å²) >= 11 is 3.52. The first kappa shape index (κ1) is 20.5. The van der Waals surface area contributed by atoms with Gasteiger partial charge < -0.3 is 14.3 Å². The van der Waals surface area contributed by atoms with Crippen molar-refractivity contribution in [2.45, 2.75) is 64.6 Å². The molecule has 0 aliphatic heterocycles. The first-order chi connectivity index (χ1) is 10.7. The molecule has 1 rings (SSSR count). The number of hydrogen-bond acceptors (Lipinski definition) is 3. The third-order valence-electron chi connectivity index (χ3n) is 4.68. The molecule has 3 nitrogen and oxygen atoms in total. The number of rotatable bonds is 8. The molecule has 1 N–H and O–H groups in total. The van der Waals surface area contributed by atoms with Gasteiger partial charge in [-0.3, -0.25) is 0 Å². The Balaban J connectivity index is 3.48. The van der Waals surface area contributed by atoms with E-state index in [9.17, 15) is 5.11 Å². The van der Waals surface area contributed by atoms with Crippen LogP contribution in [0.2, 0.25) is 16.6 Å². The summed E-state index contributed by atoms with van der Waals surface area (Å²) in [5.41, 5.74) is 2.45. The van der Waals surface area contributed by atoms with Crippen molar-refractivity contribution in [3.63, 3.8) is 0 Å². The maximum atomic E-state index is 9.42. The van der Waals surface area contributed by atoms with Crippen LogP contribution in [-0.4, -0.2) is 27.1 Å². The summed E-state index contributed by atoms with van der Waals surface area (Å²) in [6, 6.07) is 3.96. The van der Waals surface area contributed by atoms with Crippen molar-refractivity contribution in [3.8, 4) is 11.5 Å². The summed E-state index contributed by atoms with van der Waals surface area (Å²) in [6.45, 7) is 13.7. The monoisotopic (exact) mass is 402 g/mol. The minimum Gasteiger partial charge on any atom is -0.540 e. The first-order valence-electron chi connectivity index (χ1n) is 8.36. The Kier molecular flexibility index (Phi) is 7.62. The molecule has 0 saturated heterocycles. The number of aliphatic hydroxyl groups excluding tert-OH is 1. The van der Waals surface area contributed by atoms with E-state index >= 15 is 0 Å². The van der Waals surface area contributed by atoms with E-state index in [-0.39, 0.29) is 6.61 Å². The molecule has 0 aliphatic carbocycles. The highest BCUT2D eigenvalue weighted by atomic mass is 79.9. The van der Waals surface area contributed by atoms with E-state index in [2.05, 4.69) is 57.5 Å². The lowest BCUT2D eigenvalue weighted by Gasteiger charge is -2.43. The summed E-state index contributed by atoms with van der Waals surface area (Å²) in [6.07, 6.45) is 0.559. The summed E-state index contributed by atoms with van der Waals surface area (Å²) in [5, 5.41) is 9.42. The SMILES string of the molecule is COc1cc(Br)cc(CCO)c1O[Si](C(C)C)(C(C)C)C(C)C. The van der Waals surface area contributed by atoms with Gasteiger partial charge in [0.25, 0.3) is 8.32 Å². The van der Waals surface area contributed by atoms with Gasteiger partial charge in [-0.25, -0.2) is 0 Å². The highest BCUT2D eigenvalue weighted by Crippen LogP contribution is 2.46. The van der Waals surface area contributed by atoms with Crippen molar-refractivity contribution >= 4 is 24.2 Å².